The zero-order chi connectivity index (χ0) is 25.5. The van der Waals surface area contributed by atoms with Crippen LogP contribution in [0.2, 0.25) is 0 Å². The maximum Gasteiger partial charge on any atom is 0.180 e. The quantitative estimate of drug-likeness (QED) is 0.361. The van der Waals surface area contributed by atoms with Crippen molar-refractivity contribution >= 4 is 11.5 Å². The second-order valence-electron chi connectivity index (χ2n) is 10.0. The van der Waals surface area contributed by atoms with E-state index in [9.17, 15) is 9.90 Å². The molecule has 5 rings (SSSR count). The first-order valence-electron chi connectivity index (χ1n) is 13.4. The van der Waals surface area contributed by atoms with Crippen molar-refractivity contribution in [1.29, 1.82) is 0 Å². The van der Waals surface area contributed by atoms with E-state index in [4.69, 9.17) is 4.74 Å². The summed E-state index contributed by atoms with van der Waals surface area (Å²) in [5.41, 5.74) is 1.51. The number of hydrogen-bond acceptors (Lipinski definition) is 4. The van der Waals surface area contributed by atoms with Crippen LogP contribution in [0.3, 0.4) is 0 Å². The number of piperidine rings is 1. The molecule has 3 aromatic rings. The molecule has 0 bridgehead atoms. The van der Waals surface area contributed by atoms with Crippen LogP contribution in [0.15, 0.2) is 97.4 Å². The van der Waals surface area contributed by atoms with Gasteiger partial charge >= 0.3 is 0 Å². The fraction of sp³-hybridized carbons (Fsp3) is 0.344. The van der Waals surface area contributed by atoms with Gasteiger partial charge in [0.25, 0.3) is 0 Å². The summed E-state index contributed by atoms with van der Waals surface area (Å²) >= 11 is 0. The molecule has 0 radical (unpaired) electrons. The van der Waals surface area contributed by atoms with Crippen molar-refractivity contribution in [2.45, 2.75) is 43.6 Å². The molecule has 1 aliphatic heterocycles. The number of nitrogens with zero attached hydrogens (tertiary/aromatic N) is 2. The molecule has 5 heteroatoms. The van der Waals surface area contributed by atoms with E-state index in [0.29, 0.717) is 18.6 Å². The lowest BCUT2D eigenvalue weighted by Gasteiger charge is -2.33. The highest BCUT2D eigenvalue weighted by Gasteiger charge is 2.42. The van der Waals surface area contributed by atoms with E-state index >= 15 is 0 Å². The molecule has 1 N–H and O–H groups in total. The molecule has 0 amide bonds. The predicted molar refractivity (Wildman–Crippen MR) is 147 cm³/mol. The molecular weight excluding hydrogens is 460 g/mol. The van der Waals surface area contributed by atoms with Crippen LogP contribution in [-0.2, 0) is 10.2 Å². The van der Waals surface area contributed by atoms with Gasteiger partial charge in [-0.25, -0.2) is 0 Å². The van der Waals surface area contributed by atoms with Gasteiger partial charge in [0.1, 0.15) is 11.9 Å². The fourth-order valence-electron chi connectivity index (χ4n) is 5.41. The van der Waals surface area contributed by atoms with Crippen molar-refractivity contribution in [2.24, 2.45) is 0 Å². The molecule has 2 atom stereocenters. The summed E-state index contributed by atoms with van der Waals surface area (Å²) in [4.78, 5) is 16.4. The zero-order valence-corrected chi connectivity index (χ0v) is 21.3. The number of ether oxygens (including phenoxy) is 1. The van der Waals surface area contributed by atoms with Gasteiger partial charge in [-0.1, -0.05) is 61.0 Å². The van der Waals surface area contributed by atoms with E-state index in [0.717, 1.165) is 30.0 Å². The minimum Gasteiger partial charge on any atom is -0.494 e. The Labute approximate surface area is 219 Å². The monoisotopic (exact) mass is 496 g/mol. The van der Waals surface area contributed by atoms with Crippen LogP contribution >= 0.6 is 0 Å². The first-order chi connectivity index (χ1) is 18.2. The van der Waals surface area contributed by atoms with Gasteiger partial charge < -0.3 is 19.3 Å². The lowest BCUT2D eigenvalue weighted by molar-refractivity contribution is -0.131. The molecule has 2 aliphatic rings. The molecule has 0 saturated carbocycles. The number of hydrogen-bond donors (Lipinski definition) is 1. The average Bonchev–Trinajstić information content (AvgIpc) is 3.51. The minimum absolute atomic E-state index is 0.229. The highest BCUT2D eigenvalue weighted by Crippen LogP contribution is 2.40. The van der Waals surface area contributed by atoms with Crippen LogP contribution in [0.1, 0.15) is 49.3 Å². The van der Waals surface area contributed by atoms with Crippen molar-refractivity contribution in [3.05, 3.63) is 108 Å². The third kappa shape index (κ3) is 5.79. The molecule has 1 fully saturated rings. The van der Waals surface area contributed by atoms with Crippen LogP contribution in [0.5, 0.6) is 5.75 Å². The van der Waals surface area contributed by atoms with Crippen LogP contribution in [0, 0.1) is 0 Å². The molecule has 37 heavy (non-hydrogen) atoms. The molecule has 2 aromatic carbocycles. The highest BCUT2D eigenvalue weighted by atomic mass is 16.5. The van der Waals surface area contributed by atoms with Crippen molar-refractivity contribution in [3.8, 4) is 5.75 Å². The maximum absolute atomic E-state index is 13.9. The predicted octanol–water partition coefficient (Wildman–Crippen LogP) is 5.78. The standard InChI is InChI=1S/C32H36N2O3/c35-30(26-10-3-1-4-11-26)31(36)32(18-16-28(17-19-32)34-23-7-8-24-34)27-12-14-29(15-13-27)37-25-9-22-33-20-5-2-6-21-33/h1,3-4,7-8,10-18,23-24,30,35H,2,5-6,9,19-22,25H2. The van der Waals surface area contributed by atoms with E-state index in [1.807, 2.05) is 83.7 Å². The number of likely N-dealkylation sites (tertiary alicyclic amines) is 1. The van der Waals surface area contributed by atoms with Gasteiger partial charge in [0, 0.05) is 24.6 Å². The number of allylic oxidation sites excluding steroid dienone is 4. The van der Waals surface area contributed by atoms with Crippen molar-refractivity contribution in [1.82, 2.24) is 9.47 Å². The lowest BCUT2D eigenvalue weighted by Crippen LogP contribution is -2.38. The number of ketones is 1. The van der Waals surface area contributed by atoms with Gasteiger partial charge in [-0.3, -0.25) is 4.79 Å². The van der Waals surface area contributed by atoms with Gasteiger partial charge in [0.05, 0.1) is 12.0 Å². The molecule has 0 spiro atoms. The van der Waals surface area contributed by atoms with E-state index in [1.54, 1.807) is 12.1 Å². The smallest absolute Gasteiger partial charge is 0.180 e. The van der Waals surface area contributed by atoms with Crippen molar-refractivity contribution < 1.29 is 14.6 Å². The Morgan fingerprint density at radius 1 is 0.946 bits per heavy atom. The number of aliphatic hydroxyl groups excluding tert-OH is 1. The molecule has 1 aliphatic carbocycles. The number of benzene rings is 2. The molecular formula is C32H36N2O3. The lowest BCUT2D eigenvalue weighted by atomic mass is 9.69. The first kappa shape index (κ1) is 25.2. The Hall–Kier alpha value is -3.41. The normalized spacial score (nSPS) is 20.8. The van der Waals surface area contributed by atoms with Crippen LogP contribution in [0.4, 0.5) is 0 Å². The van der Waals surface area contributed by atoms with Gasteiger partial charge in [-0.15, -0.1) is 0 Å². The van der Waals surface area contributed by atoms with Gasteiger partial charge in [-0.05, 0) is 80.2 Å². The third-order valence-electron chi connectivity index (χ3n) is 7.58. The third-order valence-corrected chi connectivity index (χ3v) is 7.58. The molecule has 2 heterocycles. The van der Waals surface area contributed by atoms with E-state index < -0.39 is 11.5 Å². The fourth-order valence-corrected chi connectivity index (χ4v) is 5.41. The topological polar surface area (TPSA) is 54.7 Å². The van der Waals surface area contributed by atoms with E-state index in [1.165, 1.54) is 32.4 Å². The van der Waals surface area contributed by atoms with Gasteiger partial charge in [0.2, 0.25) is 0 Å². The Balaban J connectivity index is 1.32. The Bertz CT molecular complexity index is 1210. The minimum atomic E-state index is -1.21. The molecule has 2 unspecified atom stereocenters. The second kappa shape index (κ2) is 11.8. The highest BCUT2D eigenvalue weighted by molar-refractivity contribution is 5.97. The van der Waals surface area contributed by atoms with E-state index in [-0.39, 0.29) is 5.78 Å². The van der Waals surface area contributed by atoms with Crippen LogP contribution in [0.25, 0.3) is 5.70 Å². The van der Waals surface area contributed by atoms with Gasteiger partial charge in [-0.2, -0.15) is 0 Å². The van der Waals surface area contributed by atoms with Crippen molar-refractivity contribution in [2.75, 3.05) is 26.2 Å². The Morgan fingerprint density at radius 3 is 2.35 bits per heavy atom. The number of carbonyl (C=O) groups excluding carboxylic acids is 1. The number of rotatable bonds is 10. The molecule has 1 saturated heterocycles. The summed E-state index contributed by atoms with van der Waals surface area (Å²) in [6.07, 6.45) is 14.2. The number of aromatic nitrogens is 1. The van der Waals surface area contributed by atoms with Gasteiger partial charge in [0.15, 0.2) is 5.78 Å². The number of carbonyl (C=O) groups is 1. The largest absolute Gasteiger partial charge is 0.494 e. The number of Topliss-reactive ketones (excluding diaryl/α,β-unsaturated/α-hetero) is 1. The molecule has 1 aromatic heterocycles. The zero-order valence-electron chi connectivity index (χ0n) is 21.3. The Morgan fingerprint density at radius 2 is 1.68 bits per heavy atom. The first-order valence-corrected chi connectivity index (χ1v) is 13.4. The second-order valence-corrected chi connectivity index (χ2v) is 10.0. The summed E-state index contributed by atoms with van der Waals surface area (Å²) in [7, 11) is 0. The SMILES string of the molecule is O=C(C(O)c1ccccc1)C1(c2ccc(OCCCN3CCCCC3)cc2)C=CC(n2cccc2)=CC1. The molecule has 192 valence electrons. The van der Waals surface area contributed by atoms with Crippen LogP contribution in [-0.4, -0.2) is 46.6 Å². The molecule has 5 nitrogen and oxygen atoms in total. The average molecular weight is 497 g/mol. The summed E-state index contributed by atoms with van der Waals surface area (Å²) in [6, 6.07) is 20.9. The summed E-state index contributed by atoms with van der Waals surface area (Å²) in [5, 5.41) is 11.1. The van der Waals surface area contributed by atoms with E-state index in [2.05, 4.69) is 11.0 Å². The van der Waals surface area contributed by atoms with Crippen molar-refractivity contribution in [3.63, 3.8) is 0 Å². The summed E-state index contributed by atoms with van der Waals surface area (Å²) < 4.78 is 8.05. The Kier molecular flexibility index (Phi) is 8.02. The summed E-state index contributed by atoms with van der Waals surface area (Å²) in [5.74, 6) is 0.574. The number of aliphatic hydroxyl groups is 1. The maximum atomic E-state index is 13.9. The summed E-state index contributed by atoms with van der Waals surface area (Å²) in [6.45, 7) is 4.16. The van der Waals surface area contributed by atoms with Crippen LogP contribution < -0.4 is 4.74 Å².